The van der Waals surface area contributed by atoms with Crippen LogP contribution in [0.15, 0.2) is 9.05 Å². The predicted molar refractivity (Wildman–Crippen MR) is 273 cm³/mol. The van der Waals surface area contributed by atoms with E-state index in [0.29, 0.717) is 11.7 Å². The smallest absolute Gasteiger partial charge is 0.233 e. The number of hydrogen-bond acceptors (Lipinski definition) is 6. The third-order valence-electron chi connectivity index (χ3n) is 15.9. The maximum atomic E-state index is 15.5. The molecule has 0 bridgehead atoms. The van der Waals surface area contributed by atoms with Gasteiger partial charge in [0, 0.05) is 32.3 Å². The van der Waals surface area contributed by atoms with Crippen LogP contribution < -0.4 is 31.4 Å². The third-order valence-corrected chi connectivity index (χ3v) is 22.2. The second kappa shape index (κ2) is 18.0. The zero-order valence-electron chi connectivity index (χ0n) is 43.4. The Labute approximate surface area is 384 Å². The van der Waals surface area contributed by atoms with Gasteiger partial charge in [-0.15, -0.1) is 0 Å². The van der Waals surface area contributed by atoms with Gasteiger partial charge in [-0.2, -0.15) is 0 Å². The summed E-state index contributed by atoms with van der Waals surface area (Å²) in [5, 5.41) is 18.8. The molecule has 0 aliphatic carbocycles. The van der Waals surface area contributed by atoms with Crippen LogP contribution in [0, 0.1) is 166 Å². The highest BCUT2D eigenvalue weighted by atomic mass is 31.2. The van der Waals surface area contributed by atoms with E-state index in [4.69, 9.17) is 9.05 Å². The van der Waals surface area contributed by atoms with Gasteiger partial charge in [0.2, 0.25) is 20.5 Å². The molecule has 0 aliphatic heterocycles. The van der Waals surface area contributed by atoms with E-state index in [0.717, 1.165) is 88.3 Å². The first-order valence-corrected chi connectivity index (χ1v) is 25.8. The van der Waals surface area contributed by atoms with E-state index in [1.54, 1.807) is 0 Å². The molecule has 6 rings (SSSR count). The highest BCUT2D eigenvalue weighted by molar-refractivity contribution is 7.80. The summed E-state index contributed by atoms with van der Waals surface area (Å²) in [5.41, 5.74) is 25.7. The van der Waals surface area contributed by atoms with Gasteiger partial charge in [0.1, 0.15) is 5.76 Å². The summed E-state index contributed by atoms with van der Waals surface area (Å²) in [4.78, 5) is 0. The Bertz CT molecular complexity index is 2530. The summed E-state index contributed by atoms with van der Waals surface area (Å²) in [6.45, 7) is 50.0. The van der Waals surface area contributed by atoms with Crippen LogP contribution in [-0.2, 0) is 9.13 Å². The zero-order valence-corrected chi connectivity index (χ0v) is 45.2. The van der Waals surface area contributed by atoms with Gasteiger partial charge in [-0.25, -0.2) is 0 Å². The van der Waals surface area contributed by atoms with Crippen molar-refractivity contribution in [1.29, 1.82) is 0 Å². The Morgan fingerprint density at radius 2 is 0.547 bits per heavy atom. The molecule has 0 radical (unpaired) electrons. The summed E-state index contributed by atoms with van der Waals surface area (Å²) < 4.78 is 42.0. The van der Waals surface area contributed by atoms with Crippen molar-refractivity contribution in [3.63, 3.8) is 0 Å². The number of aryl methyl sites for hydroxylation is 2. The van der Waals surface area contributed by atoms with E-state index < -0.39 is 14.6 Å². The van der Waals surface area contributed by atoms with E-state index in [2.05, 4.69) is 159 Å². The average molecular weight is 905 g/mol. The average Bonchev–Trinajstić information content (AvgIpc) is 3.73. The highest BCUT2D eigenvalue weighted by Crippen LogP contribution is 2.52. The van der Waals surface area contributed by atoms with Crippen LogP contribution in [0.25, 0.3) is 0 Å². The lowest BCUT2D eigenvalue weighted by atomic mass is 9.95. The van der Waals surface area contributed by atoms with Crippen LogP contribution in [0.4, 0.5) is 11.7 Å². The molecule has 2 heterocycles. The first-order valence-electron chi connectivity index (χ1n) is 22.4. The molecule has 344 valence electrons. The molecule has 0 unspecified atom stereocenters. The third kappa shape index (κ3) is 7.95. The molecule has 0 atom stereocenters. The molecule has 0 saturated carbocycles. The fourth-order valence-corrected chi connectivity index (χ4v) is 16.6. The van der Waals surface area contributed by atoms with E-state index in [1.807, 2.05) is 27.7 Å². The number of aromatic nitrogens is 2. The molecule has 2 aromatic heterocycles. The number of benzene rings is 4. The van der Waals surface area contributed by atoms with Crippen molar-refractivity contribution < 1.29 is 18.2 Å². The standard InChI is InChI=1S/2C27H37N2O2P/c1-13-15(3)19(7)25(20(8)16(13)4)32(30,29-27-23(11)24(12)31-28-27)26-21(9)17(5)14(2)18(6)22(26)10;1-13-15(3)19(7)25(20(8)16(13)4)32(30,29-27-23(11)24(12)28-31-27)26-21(9)17(5)14(2)18(6)22(26)10/h1-12H3,(H,28,29,30);1-12H3,(H,29,30). The van der Waals surface area contributed by atoms with E-state index >= 15 is 9.13 Å². The van der Waals surface area contributed by atoms with Crippen molar-refractivity contribution >= 4 is 47.5 Å². The molecule has 0 aliphatic rings. The molecule has 0 amide bonds. The van der Waals surface area contributed by atoms with Crippen LogP contribution in [0.5, 0.6) is 0 Å². The minimum Gasteiger partial charge on any atom is -0.359 e. The summed E-state index contributed by atoms with van der Waals surface area (Å²) >= 11 is 0. The predicted octanol–water partition coefficient (Wildman–Crippen LogP) is 13.4. The SMILES string of the molecule is Cc1noc(NP(=O)(c2c(C)c(C)c(C)c(C)c2C)c2c(C)c(C)c(C)c(C)c2C)c1C.Cc1onc(NP(=O)(c2c(C)c(C)c(C)c(C)c2C)c2c(C)c(C)c(C)c(C)c2C)c1C. The number of rotatable bonds is 8. The Balaban J connectivity index is 0.000000241. The fraction of sp³-hybridized carbons (Fsp3) is 0.444. The molecule has 2 N–H and O–H groups in total. The van der Waals surface area contributed by atoms with Gasteiger partial charge in [-0.05, 0) is 277 Å². The van der Waals surface area contributed by atoms with Gasteiger partial charge in [-0.3, -0.25) is 14.2 Å². The van der Waals surface area contributed by atoms with Crippen molar-refractivity contribution in [2.75, 3.05) is 10.2 Å². The maximum Gasteiger partial charge on any atom is 0.233 e. The van der Waals surface area contributed by atoms with E-state index in [9.17, 15) is 0 Å². The summed E-state index contributed by atoms with van der Waals surface area (Å²) in [6.07, 6.45) is 0. The van der Waals surface area contributed by atoms with E-state index in [-0.39, 0.29) is 0 Å². The number of nitrogens with zero attached hydrogens (tertiary/aromatic N) is 2. The summed E-state index contributed by atoms with van der Waals surface area (Å²) in [5.74, 6) is 1.76. The Kier molecular flexibility index (Phi) is 14.1. The molecule has 0 fully saturated rings. The second-order valence-corrected chi connectivity index (χ2v) is 23.4. The lowest BCUT2D eigenvalue weighted by molar-refractivity contribution is 0.399. The molecule has 6 aromatic rings. The molecule has 0 saturated heterocycles. The highest BCUT2D eigenvalue weighted by Gasteiger charge is 2.40. The Morgan fingerprint density at radius 1 is 0.297 bits per heavy atom. The minimum absolute atomic E-state index is 0.482. The molecule has 8 nitrogen and oxygen atoms in total. The van der Waals surface area contributed by atoms with Gasteiger partial charge in [0.05, 0.1) is 5.69 Å². The Hall–Kier alpha value is -4.64. The minimum atomic E-state index is -3.34. The molecule has 0 spiro atoms. The Morgan fingerprint density at radius 3 is 0.766 bits per heavy atom. The van der Waals surface area contributed by atoms with Crippen LogP contribution in [0.2, 0.25) is 0 Å². The van der Waals surface area contributed by atoms with E-state index in [1.165, 1.54) is 66.8 Å². The zero-order chi connectivity index (χ0) is 48.6. The quantitative estimate of drug-likeness (QED) is 0.145. The molecular weight excluding hydrogens is 831 g/mol. The van der Waals surface area contributed by atoms with Crippen LogP contribution in [0.1, 0.15) is 134 Å². The van der Waals surface area contributed by atoms with Crippen LogP contribution in [-0.4, -0.2) is 10.3 Å². The monoisotopic (exact) mass is 905 g/mol. The lowest BCUT2D eigenvalue weighted by Crippen LogP contribution is -2.32. The van der Waals surface area contributed by atoms with Gasteiger partial charge in [-0.1, -0.05) is 10.3 Å². The van der Waals surface area contributed by atoms with Gasteiger partial charge < -0.3 is 14.1 Å². The maximum absolute atomic E-state index is 15.5. The first-order chi connectivity index (χ1) is 29.5. The first kappa shape index (κ1) is 50.4. The number of hydrogen-bond donors (Lipinski definition) is 2. The van der Waals surface area contributed by atoms with Crippen molar-refractivity contribution in [3.8, 4) is 0 Å². The van der Waals surface area contributed by atoms with Crippen molar-refractivity contribution in [2.45, 2.75) is 166 Å². The van der Waals surface area contributed by atoms with Gasteiger partial charge >= 0.3 is 0 Å². The molecule has 10 heteroatoms. The van der Waals surface area contributed by atoms with Crippen molar-refractivity contribution in [3.05, 3.63) is 134 Å². The normalized spacial score (nSPS) is 11.9. The fourth-order valence-electron chi connectivity index (χ4n) is 9.59. The van der Waals surface area contributed by atoms with Crippen molar-refractivity contribution in [2.24, 2.45) is 0 Å². The largest absolute Gasteiger partial charge is 0.359 e. The number of anilines is 2. The second-order valence-electron chi connectivity index (χ2n) is 18.8. The van der Waals surface area contributed by atoms with Crippen LogP contribution >= 0.6 is 14.6 Å². The van der Waals surface area contributed by atoms with Gasteiger partial charge in [0.25, 0.3) is 0 Å². The van der Waals surface area contributed by atoms with Crippen molar-refractivity contribution in [1.82, 2.24) is 10.3 Å². The topological polar surface area (TPSA) is 110 Å². The van der Waals surface area contributed by atoms with Crippen LogP contribution in [0.3, 0.4) is 0 Å². The number of nitrogens with one attached hydrogen (secondary N) is 2. The summed E-state index contributed by atoms with van der Waals surface area (Å²) in [6, 6.07) is 0. The molecular formula is C54H74N4O4P2. The molecule has 64 heavy (non-hydrogen) atoms. The van der Waals surface area contributed by atoms with Gasteiger partial charge in [0.15, 0.2) is 5.82 Å². The molecule has 4 aromatic carbocycles. The summed E-state index contributed by atoms with van der Waals surface area (Å²) in [7, 11) is -6.67. The lowest BCUT2D eigenvalue weighted by Gasteiger charge is -2.31.